The van der Waals surface area contributed by atoms with Crippen molar-refractivity contribution in [1.82, 2.24) is 4.90 Å². The van der Waals surface area contributed by atoms with Crippen LogP contribution >= 0.6 is 0 Å². The van der Waals surface area contributed by atoms with Gasteiger partial charge in [-0.3, -0.25) is 9.59 Å². The number of amides is 2. The van der Waals surface area contributed by atoms with E-state index < -0.39 is 0 Å². The molecule has 2 aromatic rings. The maximum Gasteiger partial charge on any atom is 0.226 e. The van der Waals surface area contributed by atoms with Crippen LogP contribution in [-0.2, 0) is 9.59 Å². The first-order valence-corrected chi connectivity index (χ1v) is 8.61. The van der Waals surface area contributed by atoms with Gasteiger partial charge in [0, 0.05) is 24.9 Å². The molecule has 0 aromatic heterocycles. The number of nitrogens with one attached hydrogen (secondary N) is 1. The van der Waals surface area contributed by atoms with Crippen LogP contribution in [0.4, 0.5) is 5.69 Å². The van der Waals surface area contributed by atoms with Gasteiger partial charge in [-0.25, -0.2) is 0 Å². The van der Waals surface area contributed by atoms with Crippen molar-refractivity contribution in [3.63, 3.8) is 0 Å². The zero-order chi connectivity index (χ0) is 19.4. The number of anilines is 1. The lowest BCUT2D eigenvalue weighted by molar-refractivity contribution is -0.129. The largest absolute Gasteiger partial charge is 0.493 e. The molecule has 1 N–H and O–H groups in total. The molecule has 0 fully saturated rings. The second-order valence-electron chi connectivity index (χ2n) is 6.21. The number of hydrogen-bond acceptors (Lipinski definition) is 4. The molecule has 1 aliphatic heterocycles. The van der Waals surface area contributed by atoms with Crippen LogP contribution in [0.15, 0.2) is 48.7 Å². The van der Waals surface area contributed by atoms with E-state index in [1.807, 2.05) is 30.3 Å². The number of carbonyl (C=O) groups excluding carboxylic acids is 2. The molecule has 0 saturated heterocycles. The topological polar surface area (TPSA) is 67.9 Å². The monoisotopic (exact) mass is 366 g/mol. The fourth-order valence-corrected chi connectivity index (χ4v) is 3.21. The Balaban J connectivity index is 1.80. The van der Waals surface area contributed by atoms with Gasteiger partial charge in [-0.05, 0) is 29.3 Å². The molecule has 3 rings (SSSR count). The Kier molecular flexibility index (Phi) is 5.45. The van der Waals surface area contributed by atoms with Gasteiger partial charge in [0.2, 0.25) is 11.8 Å². The fraction of sp³-hybridized carbons (Fsp3) is 0.238. The van der Waals surface area contributed by atoms with E-state index in [1.54, 1.807) is 43.5 Å². The number of rotatable bonds is 5. The summed E-state index contributed by atoms with van der Waals surface area (Å²) in [7, 11) is 3.10. The predicted octanol–water partition coefficient (Wildman–Crippen LogP) is 3.61. The number of carbonyl (C=O) groups is 2. The average molecular weight is 366 g/mol. The molecule has 1 atom stereocenters. The third-order valence-electron chi connectivity index (χ3n) is 4.52. The Morgan fingerprint density at radius 2 is 1.81 bits per heavy atom. The smallest absolute Gasteiger partial charge is 0.226 e. The summed E-state index contributed by atoms with van der Waals surface area (Å²) in [6.45, 7) is 1.50. The summed E-state index contributed by atoms with van der Waals surface area (Å²) in [6, 6.07) is 12.6. The highest BCUT2D eigenvalue weighted by molar-refractivity contribution is 5.92. The van der Waals surface area contributed by atoms with Gasteiger partial charge >= 0.3 is 0 Å². The molecule has 1 heterocycles. The zero-order valence-corrected chi connectivity index (χ0v) is 15.6. The highest BCUT2D eigenvalue weighted by atomic mass is 16.5. The van der Waals surface area contributed by atoms with Crippen molar-refractivity contribution >= 4 is 23.6 Å². The lowest BCUT2D eigenvalue weighted by atomic mass is 9.93. The summed E-state index contributed by atoms with van der Waals surface area (Å²) in [5.41, 5.74) is 2.57. The fourth-order valence-electron chi connectivity index (χ4n) is 3.21. The summed E-state index contributed by atoms with van der Waals surface area (Å²) in [5, 5.41) is 2.87. The van der Waals surface area contributed by atoms with Crippen molar-refractivity contribution in [2.75, 3.05) is 19.5 Å². The minimum absolute atomic E-state index is 0.107. The number of fused-ring (bicyclic) bond motifs is 1. The molecule has 0 unspecified atom stereocenters. The van der Waals surface area contributed by atoms with Crippen LogP contribution in [-0.4, -0.2) is 30.9 Å². The van der Waals surface area contributed by atoms with Crippen molar-refractivity contribution in [2.24, 2.45) is 0 Å². The zero-order valence-electron chi connectivity index (χ0n) is 15.6. The van der Waals surface area contributed by atoms with E-state index in [0.29, 0.717) is 17.2 Å². The average Bonchev–Trinajstić information content (AvgIpc) is 2.67. The van der Waals surface area contributed by atoms with E-state index in [-0.39, 0.29) is 24.3 Å². The van der Waals surface area contributed by atoms with Crippen LogP contribution in [0.3, 0.4) is 0 Å². The van der Waals surface area contributed by atoms with Crippen LogP contribution in [0.1, 0.15) is 30.5 Å². The van der Waals surface area contributed by atoms with Crippen molar-refractivity contribution in [1.29, 1.82) is 0 Å². The minimum Gasteiger partial charge on any atom is -0.493 e. The molecule has 6 nitrogen and oxygen atoms in total. The molecule has 2 aromatic carbocycles. The normalized spacial score (nSPS) is 15.1. The van der Waals surface area contributed by atoms with Crippen LogP contribution < -0.4 is 14.8 Å². The van der Waals surface area contributed by atoms with Crippen molar-refractivity contribution in [3.8, 4) is 11.5 Å². The standard InChI is InChI=1S/C21H22N2O4/c1-14(24)23-11-10-15-6-4-5-7-17(15)18(23)13-21(25)22-16-8-9-19(26-2)20(12-16)27-3/h4-12,18H,13H2,1-3H3,(H,22,25)/t18-/m1/s1. The summed E-state index contributed by atoms with van der Waals surface area (Å²) in [4.78, 5) is 26.3. The first-order valence-electron chi connectivity index (χ1n) is 8.61. The highest BCUT2D eigenvalue weighted by Gasteiger charge is 2.28. The van der Waals surface area contributed by atoms with Crippen LogP contribution in [0.25, 0.3) is 6.08 Å². The quantitative estimate of drug-likeness (QED) is 0.878. The van der Waals surface area contributed by atoms with Gasteiger partial charge in [-0.15, -0.1) is 0 Å². The summed E-state index contributed by atoms with van der Waals surface area (Å²) < 4.78 is 10.5. The van der Waals surface area contributed by atoms with Crippen LogP contribution in [0.2, 0.25) is 0 Å². The predicted molar refractivity (Wildman–Crippen MR) is 104 cm³/mol. The Hall–Kier alpha value is -3.28. The molecular weight excluding hydrogens is 344 g/mol. The first-order chi connectivity index (χ1) is 13.0. The number of ether oxygens (including phenoxy) is 2. The number of benzene rings is 2. The molecule has 0 saturated carbocycles. The maximum absolute atomic E-state index is 12.7. The second kappa shape index (κ2) is 7.95. The number of nitrogens with zero attached hydrogens (tertiary/aromatic N) is 1. The SMILES string of the molecule is COc1ccc(NC(=O)C[C@@H]2c3ccccc3C=CN2C(C)=O)cc1OC. The third kappa shape index (κ3) is 3.95. The van der Waals surface area contributed by atoms with E-state index in [0.717, 1.165) is 11.1 Å². The first kappa shape index (κ1) is 18.5. The lowest BCUT2D eigenvalue weighted by Crippen LogP contribution is -2.33. The van der Waals surface area contributed by atoms with E-state index in [2.05, 4.69) is 5.32 Å². The van der Waals surface area contributed by atoms with Gasteiger partial charge in [-0.1, -0.05) is 24.3 Å². The number of methoxy groups -OCH3 is 2. The van der Waals surface area contributed by atoms with Gasteiger partial charge in [0.05, 0.1) is 26.7 Å². The highest BCUT2D eigenvalue weighted by Crippen LogP contribution is 2.34. The Labute approximate surface area is 158 Å². The van der Waals surface area contributed by atoms with E-state index in [1.165, 1.54) is 6.92 Å². The van der Waals surface area contributed by atoms with Crippen LogP contribution in [0.5, 0.6) is 11.5 Å². The van der Waals surface area contributed by atoms with Gasteiger partial charge in [0.25, 0.3) is 0 Å². The molecule has 0 aliphatic carbocycles. The lowest BCUT2D eigenvalue weighted by Gasteiger charge is -2.32. The molecular formula is C21H22N2O4. The minimum atomic E-state index is -0.344. The molecule has 140 valence electrons. The van der Waals surface area contributed by atoms with E-state index >= 15 is 0 Å². The van der Waals surface area contributed by atoms with Crippen molar-refractivity contribution < 1.29 is 19.1 Å². The van der Waals surface area contributed by atoms with Gasteiger partial charge < -0.3 is 19.7 Å². The molecule has 0 radical (unpaired) electrons. The Morgan fingerprint density at radius 3 is 2.52 bits per heavy atom. The molecule has 0 bridgehead atoms. The summed E-state index contributed by atoms with van der Waals surface area (Å²) >= 11 is 0. The molecule has 6 heteroatoms. The molecule has 2 amide bonds. The van der Waals surface area contributed by atoms with Gasteiger partial charge in [0.1, 0.15) is 0 Å². The third-order valence-corrected chi connectivity index (χ3v) is 4.52. The number of hydrogen-bond donors (Lipinski definition) is 1. The van der Waals surface area contributed by atoms with Crippen molar-refractivity contribution in [3.05, 3.63) is 59.8 Å². The molecule has 27 heavy (non-hydrogen) atoms. The Morgan fingerprint density at radius 1 is 1.07 bits per heavy atom. The van der Waals surface area contributed by atoms with Crippen molar-refractivity contribution in [2.45, 2.75) is 19.4 Å². The van der Waals surface area contributed by atoms with E-state index in [9.17, 15) is 9.59 Å². The van der Waals surface area contributed by atoms with Gasteiger partial charge in [-0.2, -0.15) is 0 Å². The second-order valence-corrected chi connectivity index (χ2v) is 6.21. The van der Waals surface area contributed by atoms with E-state index in [4.69, 9.17) is 9.47 Å². The molecule has 0 spiro atoms. The van der Waals surface area contributed by atoms with Gasteiger partial charge in [0.15, 0.2) is 11.5 Å². The Bertz CT molecular complexity index is 892. The maximum atomic E-state index is 12.7. The van der Waals surface area contributed by atoms with Crippen LogP contribution in [0, 0.1) is 0 Å². The molecule has 1 aliphatic rings. The summed E-state index contributed by atoms with van der Waals surface area (Å²) in [6.07, 6.45) is 3.77. The summed E-state index contributed by atoms with van der Waals surface area (Å²) in [5.74, 6) is 0.824.